The summed E-state index contributed by atoms with van der Waals surface area (Å²) in [6.45, 7) is -1.87. The molecular formula is C14H13ClF5N5O3. The zero-order chi connectivity index (χ0) is 20.8. The van der Waals surface area contributed by atoms with E-state index in [4.69, 9.17) is 5.11 Å². The van der Waals surface area contributed by atoms with E-state index in [0.29, 0.717) is 5.69 Å². The Labute approximate surface area is 159 Å². The summed E-state index contributed by atoms with van der Waals surface area (Å²) < 4.78 is 70.8. The first-order chi connectivity index (χ1) is 13.0. The molecule has 0 aliphatic rings. The first kappa shape index (κ1) is 21.6. The zero-order valence-electron chi connectivity index (χ0n) is 13.8. The molecule has 2 aromatic rings. The number of alkyl halides is 6. The van der Waals surface area contributed by atoms with E-state index in [0.717, 1.165) is 0 Å². The van der Waals surface area contributed by atoms with Gasteiger partial charge in [0.1, 0.15) is 5.75 Å². The van der Waals surface area contributed by atoms with Gasteiger partial charge in [0, 0.05) is 23.8 Å². The van der Waals surface area contributed by atoms with Crippen LogP contribution in [-0.2, 0) is 0 Å². The molecule has 1 heterocycles. The van der Waals surface area contributed by atoms with Crippen molar-refractivity contribution in [2.24, 2.45) is 0 Å². The molecule has 0 saturated heterocycles. The second kappa shape index (κ2) is 9.01. The number of aliphatic hydroxyl groups is 1. The van der Waals surface area contributed by atoms with Crippen LogP contribution in [0.3, 0.4) is 0 Å². The Hall–Kier alpha value is -2.67. The highest BCUT2D eigenvalue weighted by atomic mass is 35.5. The molecule has 0 atom stereocenters. The molecule has 28 heavy (non-hydrogen) atoms. The lowest BCUT2D eigenvalue weighted by Gasteiger charge is -2.12. The largest absolute Gasteiger partial charge is 0.487 e. The van der Waals surface area contributed by atoms with Crippen LogP contribution in [0.15, 0.2) is 24.3 Å². The van der Waals surface area contributed by atoms with Crippen LogP contribution < -0.4 is 20.1 Å². The highest BCUT2D eigenvalue weighted by Gasteiger charge is 2.29. The summed E-state index contributed by atoms with van der Waals surface area (Å²) in [5.74, 6) is -0.560. The van der Waals surface area contributed by atoms with Gasteiger partial charge in [0.25, 0.3) is 0 Å². The number of hydrogen-bond acceptors (Lipinski definition) is 8. The Balaban J connectivity index is 2.15. The molecule has 0 radical (unpaired) electrons. The van der Waals surface area contributed by atoms with E-state index in [9.17, 15) is 22.0 Å². The van der Waals surface area contributed by atoms with Crippen LogP contribution in [0, 0.1) is 0 Å². The van der Waals surface area contributed by atoms with Crippen LogP contribution in [-0.4, -0.2) is 51.6 Å². The first-order valence-corrected chi connectivity index (χ1v) is 7.85. The second-order valence-corrected chi connectivity index (χ2v) is 5.46. The number of anilines is 3. The van der Waals surface area contributed by atoms with Crippen LogP contribution >= 0.6 is 11.6 Å². The van der Waals surface area contributed by atoms with E-state index in [-0.39, 0.29) is 30.8 Å². The average molecular weight is 430 g/mol. The number of rotatable bonds is 9. The maximum absolute atomic E-state index is 12.6. The van der Waals surface area contributed by atoms with Gasteiger partial charge in [-0.25, -0.2) is 0 Å². The van der Waals surface area contributed by atoms with E-state index in [2.05, 4.69) is 46.7 Å². The van der Waals surface area contributed by atoms with E-state index >= 15 is 0 Å². The van der Waals surface area contributed by atoms with Crippen LogP contribution in [0.5, 0.6) is 11.8 Å². The minimum absolute atomic E-state index is 0.0286. The van der Waals surface area contributed by atoms with Gasteiger partial charge in [-0.15, -0.1) is 8.78 Å². The molecule has 154 valence electrons. The lowest BCUT2D eigenvalue weighted by Crippen LogP contribution is -2.21. The van der Waals surface area contributed by atoms with Crippen LogP contribution in [0.1, 0.15) is 0 Å². The summed E-state index contributed by atoms with van der Waals surface area (Å²) in [6.07, 6.45) is -4.60. The molecule has 0 saturated carbocycles. The number of ether oxygens (including phenoxy) is 2. The van der Waals surface area contributed by atoms with Crippen molar-refractivity contribution in [1.29, 1.82) is 0 Å². The van der Waals surface area contributed by atoms with Crippen molar-refractivity contribution in [2.75, 3.05) is 30.4 Å². The van der Waals surface area contributed by atoms with Crippen LogP contribution in [0.2, 0.25) is 0 Å². The van der Waals surface area contributed by atoms with Gasteiger partial charge < -0.3 is 25.2 Å². The van der Waals surface area contributed by atoms with Gasteiger partial charge in [0.05, 0.1) is 6.61 Å². The van der Waals surface area contributed by atoms with Crippen molar-refractivity contribution in [3.05, 3.63) is 24.3 Å². The van der Waals surface area contributed by atoms with E-state index in [1.165, 1.54) is 24.3 Å². The molecule has 2 rings (SSSR count). The molecular weight excluding hydrogens is 417 g/mol. The molecule has 0 unspecified atom stereocenters. The molecule has 0 aliphatic carbocycles. The number of nitrogens with one attached hydrogen (secondary N) is 2. The third-order valence-corrected chi connectivity index (χ3v) is 2.80. The minimum Gasteiger partial charge on any atom is -0.454 e. The highest BCUT2D eigenvalue weighted by molar-refractivity contribution is 6.20. The fourth-order valence-electron chi connectivity index (χ4n) is 1.74. The SMILES string of the molecule is OCCNc1nc(Nc2ccc(OC(F)(F)Cl)cc2)nc(OCC(F)(F)F)n1. The third kappa shape index (κ3) is 7.92. The Bertz CT molecular complexity index is 773. The van der Waals surface area contributed by atoms with Crippen LogP contribution in [0.4, 0.5) is 39.5 Å². The topological polar surface area (TPSA) is 101 Å². The van der Waals surface area contributed by atoms with Crippen molar-refractivity contribution in [2.45, 2.75) is 11.7 Å². The van der Waals surface area contributed by atoms with Gasteiger partial charge in [-0.05, 0) is 24.3 Å². The quantitative estimate of drug-likeness (QED) is 0.413. The van der Waals surface area contributed by atoms with Gasteiger partial charge in [-0.1, -0.05) is 0 Å². The second-order valence-electron chi connectivity index (χ2n) is 5.02. The van der Waals surface area contributed by atoms with Crippen molar-refractivity contribution in [1.82, 2.24) is 15.0 Å². The summed E-state index contributed by atoms with van der Waals surface area (Å²) >= 11 is 4.66. The molecule has 1 aromatic heterocycles. The molecule has 14 heteroatoms. The summed E-state index contributed by atoms with van der Waals surface area (Å²) in [4.78, 5) is 11.2. The number of halogens is 6. The fraction of sp³-hybridized carbons (Fsp3) is 0.357. The molecule has 3 N–H and O–H groups in total. The maximum Gasteiger partial charge on any atom is 0.487 e. The Morgan fingerprint density at radius 2 is 1.64 bits per heavy atom. The monoisotopic (exact) mass is 429 g/mol. The molecule has 0 spiro atoms. The molecule has 0 bridgehead atoms. The fourth-order valence-corrected chi connectivity index (χ4v) is 1.83. The van der Waals surface area contributed by atoms with E-state index < -0.39 is 24.4 Å². The normalized spacial score (nSPS) is 11.8. The number of aliphatic hydroxyl groups excluding tert-OH is 1. The van der Waals surface area contributed by atoms with Crippen molar-refractivity contribution >= 4 is 29.2 Å². The van der Waals surface area contributed by atoms with Crippen molar-refractivity contribution in [3.8, 4) is 11.8 Å². The number of benzene rings is 1. The van der Waals surface area contributed by atoms with Crippen molar-refractivity contribution in [3.63, 3.8) is 0 Å². The number of nitrogens with zero attached hydrogens (tertiary/aromatic N) is 3. The first-order valence-electron chi connectivity index (χ1n) is 7.47. The van der Waals surface area contributed by atoms with E-state index in [1.807, 2.05) is 0 Å². The van der Waals surface area contributed by atoms with Gasteiger partial charge in [0.2, 0.25) is 11.9 Å². The summed E-state index contributed by atoms with van der Waals surface area (Å²) in [6, 6.07) is 4.37. The summed E-state index contributed by atoms with van der Waals surface area (Å²) in [5, 5.41) is 14.0. The Morgan fingerprint density at radius 3 is 2.21 bits per heavy atom. The third-order valence-electron chi connectivity index (χ3n) is 2.72. The van der Waals surface area contributed by atoms with Gasteiger partial charge in [-0.2, -0.15) is 28.1 Å². The summed E-state index contributed by atoms with van der Waals surface area (Å²) in [5.41, 5.74) is -3.58. The minimum atomic E-state index is -4.60. The standard InChI is InChI=1S/C14H13ClF5N5O3/c15-14(19,20)28-9-3-1-8(2-4-9)22-11-23-10(21-5-6-26)24-12(25-11)27-7-13(16,17)18/h1-4,26H,5-7H2,(H2,21,22,23,24,25). The predicted molar refractivity (Wildman–Crippen MR) is 88.1 cm³/mol. The molecule has 1 aromatic carbocycles. The molecule has 0 aliphatic heterocycles. The van der Waals surface area contributed by atoms with E-state index in [1.54, 1.807) is 0 Å². The lowest BCUT2D eigenvalue weighted by molar-refractivity contribution is -0.154. The lowest BCUT2D eigenvalue weighted by atomic mass is 10.3. The molecule has 0 amide bonds. The van der Waals surface area contributed by atoms with Crippen LogP contribution in [0.25, 0.3) is 0 Å². The van der Waals surface area contributed by atoms with Gasteiger partial charge in [0.15, 0.2) is 6.61 Å². The smallest absolute Gasteiger partial charge is 0.454 e. The Morgan fingerprint density at radius 1 is 1.00 bits per heavy atom. The average Bonchev–Trinajstić information content (AvgIpc) is 2.58. The van der Waals surface area contributed by atoms with Gasteiger partial charge >= 0.3 is 17.8 Å². The predicted octanol–water partition coefficient (Wildman–Crippen LogP) is 3.13. The summed E-state index contributed by atoms with van der Waals surface area (Å²) in [7, 11) is 0. The van der Waals surface area contributed by atoms with Crippen molar-refractivity contribution < 1.29 is 36.5 Å². The zero-order valence-corrected chi connectivity index (χ0v) is 14.6. The number of hydrogen-bond donors (Lipinski definition) is 3. The Kier molecular flexibility index (Phi) is 6.96. The number of aromatic nitrogens is 3. The maximum atomic E-state index is 12.6. The molecule has 0 fully saturated rings. The molecule has 8 nitrogen and oxygen atoms in total. The van der Waals surface area contributed by atoms with Gasteiger partial charge in [-0.3, -0.25) is 0 Å². The highest BCUT2D eigenvalue weighted by Crippen LogP contribution is 2.27.